The molecule has 0 radical (unpaired) electrons. The van der Waals surface area contributed by atoms with E-state index in [9.17, 15) is 14.4 Å². The molecule has 1 aromatic heterocycles. The summed E-state index contributed by atoms with van der Waals surface area (Å²) in [7, 11) is 0. The van der Waals surface area contributed by atoms with E-state index in [2.05, 4.69) is 0 Å². The van der Waals surface area contributed by atoms with E-state index in [1.165, 1.54) is 0 Å². The van der Waals surface area contributed by atoms with Crippen molar-refractivity contribution in [3.63, 3.8) is 0 Å². The van der Waals surface area contributed by atoms with E-state index in [-0.39, 0.29) is 25.4 Å². The number of nitrogens with two attached hydrogens (primary N) is 1. The Kier molecular flexibility index (Phi) is 8.68. The molecule has 0 bridgehead atoms. The third-order valence-corrected chi connectivity index (χ3v) is 5.42. The number of benzene rings is 1. The number of hydrogen-bond acceptors (Lipinski definition) is 7. The second-order valence-electron chi connectivity index (χ2n) is 7.01. The fraction of sp³-hybridized carbons (Fsp3) is 0.273. The van der Waals surface area contributed by atoms with Crippen molar-refractivity contribution in [1.82, 2.24) is 4.90 Å². The van der Waals surface area contributed by atoms with Crippen LogP contribution in [0.5, 0.6) is 5.75 Å². The fourth-order valence-electron chi connectivity index (χ4n) is 2.82. The Hall–Kier alpha value is -3.50. The van der Waals surface area contributed by atoms with Crippen molar-refractivity contribution >= 4 is 41.1 Å². The molecule has 9 nitrogen and oxygen atoms in total. The number of carbonyl (C=O) groups excluding carboxylic acids is 2. The van der Waals surface area contributed by atoms with Gasteiger partial charge in [0, 0.05) is 29.2 Å². The molecule has 1 heterocycles. The number of esters is 1. The summed E-state index contributed by atoms with van der Waals surface area (Å²) in [5.74, 6) is -1.89. The summed E-state index contributed by atoms with van der Waals surface area (Å²) in [6.07, 6.45) is 1.85. The normalized spacial score (nSPS) is 11.2. The molecule has 0 aliphatic carbocycles. The van der Waals surface area contributed by atoms with Crippen LogP contribution in [0.4, 0.5) is 0 Å². The number of aliphatic carboxylic acids is 1. The lowest BCUT2D eigenvalue weighted by Gasteiger charge is -2.20. The zero-order chi connectivity index (χ0) is 23.8. The maximum Gasteiger partial charge on any atom is 0.353 e. The van der Waals surface area contributed by atoms with Crippen molar-refractivity contribution in [3.8, 4) is 5.75 Å². The van der Waals surface area contributed by atoms with Crippen LogP contribution in [0, 0.1) is 12.3 Å². The van der Waals surface area contributed by atoms with E-state index in [0.717, 1.165) is 16.2 Å². The van der Waals surface area contributed by atoms with Crippen LogP contribution in [-0.4, -0.2) is 58.5 Å². The lowest BCUT2D eigenvalue weighted by molar-refractivity contribution is -0.143. The Bertz CT molecular complexity index is 1060. The Labute approximate surface area is 189 Å². The van der Waals surface area contributed by atoms with Crippen LogP contribution in [0.1, 0.15) is 39.0 Å². The first kappa shape index (κ1) is 24.8. The first-order chi connectivity index (χ1) is 15.1. The standard InChI is InChI=1S/C22H25N3O6S/c1-13-10-15(20(23)24)4-6-17(13)31-22(30)18-7-5-16(32-18)11-14(2)21(29)25(8-3-9-26)12-19(27)28/h4-7,10-11,26H,3,8-9,12H2,1-2H3,(H3,23,24)(H,27,28)/b14-11+. The highest BCUT2D eigenvalue weighted by atomic mass is 32.1. The summed E-state index contributed by atoms with van der Waals surface area (Å²) in [5, 5.41) is 25.4. The van der Waals surface area contributed by atoms with E-state index < -0.39 is 24.4 Å². The highest BCUT2D eigenvalue weighted by Crippen LogP contribution is 2.24. The first-order valence-corrected chi connectivity index (χ1v) is 10.5. The maximum absolute atomic E-state index is 12.6. The number of nitrogens with zero attached hydrogens (tertiary/aromatic N) is 1. The second kappa shape index (κ2) is 11.2. The van der Waals surface area contributed by atoms with Gasteiger partial charge in [-0.2, -0.15) is 0 Å². The smallest absolute Gasteiger partial charge is 0.353 e. The monoisotopic (exact) mass is 459 g/mol. The minimum absolute atomic E-state index is 0.0798. The SMILES string of the molecule is C/C(=C\c1ccc(C(=O)Oc2ccc(C(=N)N)cc2C)s1)C(=O)N(CCCO)CC(=O)O. The predicted molar refractivity (Wildman–Crippen MR) is 121 cm³/mol. The molecular weight excluding hydrogens is 434 g/mol. The zero-order valence-corrected chi connectivity index (χ0v) is 18.6. The summed E-state index contributed by atoms with van der Waals surface area (Å²) >= 11 is 1.13. The summed E-state index contributed by atoms with van der Waals surface area (Å²) in [5.41, 5.74) is 6.95. The number of hydrogen-bond donors (Lipinski definition) is 4. The highest BCUT2D eigenvalue weighted by Gasteiger charge is 2.19. The fourth-order valence-corrected chi connectivity index (χ4v) is 3.71. The van der Waals surface area contributed by atoms with Gasteiger partial charge in [-0.25, -0.2) is 4.79 Å². The number of carboxylic acid groups (broad SMARTS) is 1. The van der Waals surface area contributed by atoms with E-state index in [1.807, 2.05) is 0 Å². The van der Waals surface area contributed by atoms with Gasteiger partial charge < -0.3 is 25.6 Å². The number of rotatable bonds is 10. The van der Waals surface area contributed by atoms with Gasteiger partial charge in [0.2, 0.25) is 5.91 Å². The average Bonchev–Trinajstić information content (AvgIpc) is 3.20. The summed E-state index contributed by atoms with van der Waals surface area (Å²) in [6.45, 7) is 2.81. The van der Waals surface area contributed by atoms with Crippen molar-refractivity contribution in [2.75, 3.05) is 19.7 Å². The number of thiophene rings is 1. The molecule has 2 rings (SSSR count). The number of carbonyl (C=O) groups is 3. The van der Waals surface area contributed by atoms with Crippen LogP contribution in [-0.2, 0) is 9.59 Å². The van der Waals surface area contributed by atoms with Crippen LogP contribution >= 0.6 is 11.3 Å². The molecule has 0 spiro atoms. The van der Waals surface area contributed by atoms with E-state index in [4.69, 9.17) is 26.1 Å². The van der Waals surface area contributed by atoms with Gasteiger partial charge in [-0.1, -0.05) is 0 Å². The molecule has 1 amide bonds. The summed E-state index contributed by atoms with van der Waals surface area (Å²) in [6, 6.07) is 8.07. The molecule has 5 N–H and O–H groups in total. The number of ether oxygens (including phenoxy) is 1. The van der Waals surface area contributed by atoms with Crippen molar-refractivity contribution in [1.29, 1.82) is 5.41 Å². The van der Waals surface area contributed by atoms with Gasteiger partial charge in [-0.05, 0) is 62.2 Å². The number of nitrogens with one attached hydrogen (secondary N) is 1. The van der Waals surface area contributed by atoms with Gasteiger partial charge >= 0.3 is 11.9 Å². The number of amides is 1. The molecule has 1 aromatic carbocycles. The number of carboxylic acids is 1. The molecule has 0 aliphatic rings. The Morgan fingerprint density at radius 2 is 1.97 bits per heavy atom. The molecule has 170 valence electrons. The maximum atomic E-state index is 12.6. The van der Waals surface area contributed by atoms with E-state index in [0.29, 0.717) is 32.2 Å². The molecule has 0 saturated heterocycles. The summed E-state index contributed by atoms with van der Waals surface area (Å²) < 4.78 is 5.43. The van der Waals surface area contributed by atoms with Gasteiger partial charge in [0.1, 0.15) is 23.0 Å². The molecule has 0 aliphatic heterocycles. The molecule has 10 heteroatoms. The van der Waals surface area contributed by atoms with Gasteiger partial charge in [0.15, 0.2) is 0 Å². The van der Waals surface area contributed by atoms with Gasteiger partial charge in [0.05, 0.1) is 0 Å². The molecule has 2 aromatic rings. The van der Waals surface area contributed by atoms with Gasteiger partial charge in [0.25, 0.3) is 0 Å². The van der Waals surface area contributed by atoms with Crippen molar-refractivity contribution < 1.29 is 29.3 Å². The third-order valence-electron chi connectivity index (χ3n) is 4.41. The Balaban J connectivity index is 2.12. The molecule has 0 fully saturated rings. The second-order valence-corrected chi connectivity index (χ2v) is 8.13. The predicted octanol–water partition coefficient (Wildman–Crippen LogP) is 2.26. The molecule has 0 atom stereocenters. The average molecular weight is 460 g/mol. The number of aliphatic hydroxyl groups is 1. The third kappa shape index (κ3) is 6.76. The van der Waals surface area contributed by atoms with Gasteiger partial charge in [-0.15, -0.1) is 11.3 Å². The molecule has 0 unspecified atom stereocenters. The van der Waals surface area contributed by atoms with Crippen molar-refractivity contribution in [2.24, 2.45) is 5.73 Å². The lowest BCUT2D eigenvalue weighted by Crippen LogP contribution is -2.37. The minimum atomic E-state index is -1.14. The zero-order valence-electron chi connectivity index (χ0n) is 17.8. The quantitative estimate of drug-likeness (QED) is 0.140. The molecule has 0 saturated carbocycles. The first-order valence-electron chi connectivity index (χ1n) is 9.69. The van der Waals surface area contributed by atoms with Crippen molar-refractivity contribution in [3.05, 3.63) is 56.8 Å². The van der Waals surface area contributed by atoms with Crippen LogP contribution in [0.2, 0.25) is 0 Å². The molecule has 32 heavy (non-hydrogen) atoms. The summed E-state index contributed by atoms with van der Waals surface area (Å²) in [4.78, 5) is 38.2. The largest absolute Gasteiger partial charge is 0.480 e. The highest BCUT2D eigenvalue weighted by molar-refractivity contribution is 7.14. The number of aryl methyl sites for hydroxylation is 1. The van der Waals surface area contributed by atoms with Crippen LogP contribution in [0.3, 0.4) is 0 Å². The minimum Gasteiger partial charge on any atom is -0.480 e. The number of aliphatic hydroxyl groups excluding tert-OH is 1. The van der Waals surface area contributed by atoms with Crippen LogP contribution in [0.25, 0.3) is 6.08 Å². The number of amidine groups is 1. The Morgan fingerprint density at radius 3 is 2.56 bits per heavy atom. The van der Waals surface area contributed by atoms with E-state index >= 15 is 0 Å². The number of nitrogen functional groups attached to an aromatic ring is 1. The topological polar surface area (TPSA) is 154 Å². The lowest BCUT2D eigenvalue weighted by atomic mass is 10.1. The Morgan fingerprint density at radius 1 is 1.25 bits per heavy atom. The molecular formula is C22H25N3O6S. The van der Waals surface area contributed by atoms with E-state index in [1.54, 1.807) is 50.3 Å². The van der Waals surface area contributed by atoms with Crippen LogP contribution in [0.15, 0.2) is 35.9 Å². The van der Waals surface area contributed by atoms with Crippen molar-refractivity contribution in [2.45, 2.75) is 20.3 Å². The van der Waals surface area contributed by atoms with Crippen LogP contribution < -0.4 is 10.5 Å². The van der Waals surface area contributed by atoms with Gasteiger partial charge in [-0.3, -0.25) is 15.0 Å².